The molecule has 2 aliphatic heterocycles. The largest absolute Gasteiger partial charge is 0.480 e. The molecule has 1 unspecified atom stereocenters. The quantitative estimate of drug-likeness (QED) is 0.599. The van der Waals surface area contributed by atoms with E-state index >= 15 is 0 Å². The number of carboxylic acids is 1. The van der Waals surface area contributed by atoms with E-state index in [0.29, 0.717) is 32.4 Å². The van der Waals surface area contributed by atoms with E-state index in [2.05, 4.69) is 10.1 Å². The van der Waals surface area contributed by atoms with Crippen molar-refractivity contribution >= 4 is 23.8 Å². The van der Waals surface area contributed by atoms with Crippen LogP contribution in [0.25, 0.3) is 0 Å². The molecule has 9 heteroatoms. The third kappa shape index (κ3) is 4.47. The number of hydrogen-bond donors (Lipinski definition) is 2. The number of esters is 1. The van der Waals surface area contributed by atoms with E-state index < -0.39 is 36.0 Å². The van der Waals surface area contributed by atoms with Crippen molar-refractivity contribution in [3.05, 3.63) is 0 Å². The van der Waals surface area contributed by atoms with Gasteiger partial charge in [0.25, 0.3) is 0 Å². The fraction of sp³-hybridized carbons (Fsp3) is 0.750. The first-order valence-corrected chi connectivity index (χ1v) is 8.49. The fourth-order valence-electron chi connectivity index (χ4n) is 3.45. The zero-order valence-electron chi connectivity index (χ0n) is 14.6. The predicted molar refractivity (Wildman–Crippen MR) is 86.6 cm³/mol. The van der Waals surface area contributed by atoms with Gasteiger partial charge in [0.05, 0.1) is 19.7 Å². The number of carboxylic acid groups (broad SMARTS) is 1. The van der Waals surface area contributed by atoms with Gasteiger partial charge in [-0.15, -0.1) is 0 Å². The van der Waals surface area contributed by atoms with Crippen LogP contribution in [0, 0.1) is 0 Å². The summed E-state index contributed by atoms with van der Waals surface area (Å²) in [5.74, 6) is -2.15. The number of nitrogens with zero attached hydrogens (tertiary/aromatic N) is 2. The van der Waals surface area contributed by atoms with Crippen LogP contribution in [0.15, 0.2) is 0 Å². The lowest BCUT2D eigenvalue weighted by Crippen LogP contribution is -2.54. The third-order valence-corrected chi connectivity index (χ3v) is 4.78. The Morgan fingerprint density at radius 1 is 1.16 bits per heavy atom. The van der Waals surface area contributed by atoms with Gasteiger partial charge in [0.2, 0.25) is 11.8 Å². The molecule has 2 rings (SSSR count). The average Bonchev–Trinajstić information content (AvgIpc) is 3.22. The Morgan fingerprint density at radius 3 is 2.44 bits per heavy atom. The lowest BCUT2D eigenvalue weighted by molar-refractivity contribution is -0.149. The number of ether oxygens (including phenoxy) is 1. The minimum Gasteiger partial charge on any atom is -0.480 e. The van der Waals surface area contributed by atoms with Crippen LogP contribution in [0.1, 0.15) is 32.6 Å². The van der Waals surface area contributed by atoms with Gasteiger partial charge < -0.3 is 20.1 Å². The second-order valence-corrected chi connectivity index (χ2v) is 6.46. The van der Waals surface area contributed by atoms with Crippen LogP contribution in [-0.2, 0) is 23.9 Å². The van der Waals surface area contributed by atoms with Gasteiger partial charge in [-0.25, -0.2) is 4.79 Å². The summed E-state index contributed by atoms with van der Waals surface area (Å²) in [5, 5.41) is 11.8. The van der Waals surface area contributed by atoms with Crippen LogP contribution in [0.4, 0.5) is 0 Å². The first kappa shape index (κ1) is 19.2. The van der Waals surface area contributed by atoms with E-state index in [-0.39, 0.29) is 12.5 Å². The Hall–Kier alpha value is -2.16. The maximum Gasteiger partial charge on any atom is 0.326 e. The Labute approximate surface area is 146 Å². The van der Waals surface area contributed by atoms with Crippen LogP contribution in [0.2, 0.25) is 0 Å². The number of aliphatic carboxylic acids is 1. The monoisotopic (exact) mass is 355 g/mol. The van der Waals surface area contributed by atoms with Gasteiger partial charge in [0.1, 0.15) is 12.1 Å². The molecule has 0 aromatic heterocycles. The van der Waals surface area contributed by atoms with E-state index in [0.717, 1.165) is 6.42 Å². The minimum absolute atomic E-state index is 0.0319. The number of nitrogens with one attached hydrogen (secondary N) is 1. The number of carbonyl (C=O) groups is 4. The van der Waals surface area contributed by atoms with Crippen molar-refractivity contribution in [1.29, 1.82) is 0 Å². The van der Waals surface area contributed by atoms with Crippen molar-refractivity contribution in [2.24, 2.45) is 0 Å². The zero-order chi connectivity index (χ0) is 18.6. The van der Waals surface area contributed by atoms with Gasteiger partial charge in [-0.1, -0.05) is 0 Å². The van der Waals surface area contributed by atoms with Gasteiger partial charge in [-0.3, -0.25) is 19.3 Å². The van der Waals surface area contributed by atoms with Crippen molar-refractivity contribution in [3.63, 3.8) is 0 Å². The van der Waals surface area contributed by atoms with E-state index in [1.54, 1.807) is 11.8 Å². The highest BCUT2D eigenvalue weighted by atomic mass is 16.5. The Bertz CT molecular complexity index is 552. The van der Waals surface area contributed by atoms with Crippen LogP contribution in [0.3, 0.4) is 0 Å². The molecule has 0 aromatic carbocycles. The molecule has 2 N–H and O–H groups in total. The van der Waals surface area contributed by atoms with Crippen molar-refractivity contribution in [3.8, 4) is 0 Å². The highest BCUT2D eigenvalue weighted by Crippen LogP contribution is 2.20. The van der Waals surface area contributed by atoms with E-state index in [4.69, 9.17) is 0 Å². The molecule has 2 heterocycles. The molecule has 0 saturated carbocycles. The van der Waals surface area contributed by atoms with Crippen molar-refractivity contribution < 1.29 is 29.0 Å². The molecular weight excluding hydrogens is 330 g/mol. The summed E-state index contributed by atoms with van der Waals surface area (Å²) in [6, 6.07) is -2.12. The molecule has 3 atom stereocenters. The highest BCUT2D eigenvalue weighted by Gasteiger charge is 2.38. The smallest absolute Gasteiger partial charge is 0.326 e. The number of hydrogen-bond acceptors (Lipinski definition) is 6. The lowest BCUT2D eigenvalue weighted by Gasteiger charge is -2.27. The maximum atomic E-state index is 12.5. The molecule has 2 saturated heterocycles. The molecule has 0 spiro atoms. The number of carbonyl (C=O) groups excluding carboxylic acids is 3. The lowest BCUT2D eigenvalue weighted by atomic mass is 10.1. The molecule has 9 nitrogen and oxygen atoms in total. The van der Waals surface area contributed by atoms with Gasteiger partial charge >= 0.3 is 11.9 Å². The SMILES string of the molecule is COC(=O)CN1CCC[C@H]1C(=O)N[C@@H](C)C(=O)N1CCCC1C(=O)O. The summed E-state index contributed by atoms with van der Waals surface area (Å²) in [7, 11) is 1.29. The van der Waals surface area contributed by atoms with Crippen LogP contribution in [0.5, 0.6) is 0 Å². The second-order valence-electron chi connectivity index (χ2n) is 6.46. The van der Waals surface area contributed by atoms with Gasteiger partial charge in [0.15, 0.2) is 0 Å². The van der Waals surface area contributed by atoms with Crippen LogP contribution < -0.4 is 5.32 Å². The summed E-state index contributed by atoms with van der Waals surface area (Å²) in [5.41, 5.74) is 0. The minimum atomic E-state index is -1.02. The predicted octanol–water partition coefficient (Wildman–Crippen LogP) is -0.796. The molecule has 0 bridgehead atoms. The standard InChI is InChI=1S/C16H25N3O6/c1-10(15(22)19-8-4-6-12(19)16(23)24)17-14(21)11-5-3-7-18(11)9-13(20)25-2/h10-12H,3-9H2,1-2H3,(H,17,21)(H,23,24)/t10-,11-,12?/m0/s1. The van der Waals surface area contributed by atoms with Gasteiger partial charge in [0, 0.05) is 6.54 Å². The molecule has 0 radical (unpaired) electrons. The van der Waals surface area contributed by atoms with E-state index in [1.807, 2.05) is 0 Å². The molecule has 0 aliphatic carbocycles. The molecule has 2 aliphatic rings. The van der Waals surface area contributed by atoms with Crippen molar-refractivity contribution in [1.82, 2.24) is 15.1 Å². The first-order chi connectivity index (χ1) is 11.8. The van der Waals surface area contributed by atoms with E-state index in [1.165, 1.54) is 12.0 Å². The summed E-state index contributed by atoms with van der Waals surface area (Å²) in [6.45, 7) is 2.58. The Kier molecular flexibility index (Phi) is 6.35. The third-order valence-electron chi connectivity index (χ3n) is 4.78. The topological polar surface area (TPSA) is 116 Å². The van der Waals surface area contributed by atoms with Crippen molar-refractivity contribution in [2.75, 3.05) is 26.7 Å². The molecular formula is C16H25N3O6. The zero-order valence-corrected chi connectivity index (χ0v) is 14.6. The molecule has 25 heavy (non-hydrogen) atoms. The average molecular weight is 355 g/mol. The molecule has 2 fully saturated rings. The summed E-state index contributed by atoms with van der Waals surface area (Å²) in [6.07, 6.45) is 2.45. The Balaban J connectivity index is 1.93. The number of methoxy groups -OCH3 is 1. The summed E-state index contributed by atoms with van der Waals surface area (Å²) in [4.78, 5) is 50.6. The number of likely N-dealkylation sites (tertiary alicyclic amines) is 2. The highest BCUT2D eigenvalue weighted by molar-refractivity contribution is 5.92. The summed E-state index contributed by atoms with van der Waals surface area (Å²) < 4.78 is 4.63. The first-order valence-electron chi connectivity index (χ1n) is 8.49. The number of amides is 2. The maximum absolute atomic E-state index is 12.5. The Morgan fingerprint density at radius 2 is 1.80 bits per heavy atom. The van der Waals surface area contributed by atoms with Crippen LogP contribution in [-0.4, -0.2) is 83.5 Å². The van der Waals surface area contributed by atoms with Gasteiger partial charge in [-0.05, 0) is 39.2 Å². The normalized spacial score (nSPS) is 24.8. The van der Waals surface area contributed by atoms with Crippen LogP contribution >= 0.6 is 0 Å². The summed E-state index contributed by atoms with van der Waals surface area (Å²) >= 11 is 0. The van der Waals surface area contributed by atoms with Gasteiger partial charge in [-0.2, -0.15) is 0 Å². The van der Waals surface area contributed by atoms with Crippen molar-refractivity contribution in [2.45, 2.75) is 50.7 Å². The fourth-order valence-corrected chi connectivity index (χ4v) is 3.45. The second kappa shape index (κ2) is 8.28. The molecule has 2 amide bonds. The van der Waals surface area contributed by atoms with E-state index in [9.17, 15) is 24.3 Å². The molecule has 0 aromatic rings. The molecule has 140 valence electrons. The number of rotatable bonds is 6.